The van der Waals surface area contributed by atoms with Gasteiger partial charge in [0, 0.05) is 24.6 Å². The third-order valence-electron chi connectivity index (χ3n) is 5.03. The molecule has 2 aromatic carbocycles. The van der Waals surface area contributed by atoms with Crippen molar-refractivity contribution >= 4 is 24.1 Å². The van der Waals surface area contributed by atoms with Crippen molar-refractivity contribution in [2.45, 2.75) is 19.9 Å². The molecule has 170 valence electrons. The molecular weight excluding hydrogens is 442 g/mol. The third kappa shape index (κ3) is 4.93. The molecule has 0 aliphatic heterocycles. The van der Waals surface area contributed by atoms with Crippen molar-refractivity contribution in [2.75, 3.05) is 19.5 Å². The zero-order valence-corrected chi connectivity index (χ0v) is 19.2. The molecule has 1 amide bonds. The third-order valence-corrected chi connectivity index (χ3v) is 5.34. The van der Waals surface area contributed by atoms with Gasteiger partial charge in [0.1, 0.15) is 11.5 Å². The van der Waals surface area contributed by atoms with E-state index < -0.39 is 0 Å². The molecule has 0 spiro atoms. The number of ether oxygens (including phenoxy) is 2. The van der Waals surface area contributed by atoms with Gasteiger partial charge in [-0.25, -0.2) is 0 Å². The zero-order chi connectivity index (χ0) is 23.4. The number of nitrogens with one attached hydrogen (secondary N) is 3. The molecule has 0 atom stereocenters. The average Bonchev–Trinajstić information content (AvgIpc) is 3.44. The van der Waals surface area contributed by atoms with E-state index in [4.69, 9.17) is 21.7 Å². The number of benzene rings is 2. The Balaban J connectivity index is 1.43. The van der Waals surface area contributed by atoms with Crippen LogP contribution in [0, 0.1) is 11.7 Å². The lowest BCUT2D eigenvalue weighted by Gasteiger charge is -2.08. The minimum Gasteiger partial charge on any atom is -0.497 e. The summed E-state index contributed by atoms with van der Waals surface area (Å²) in [5.41, 5.74) is 2.76. The molecule has 4 rings (SSSR count). The van der Waals surface area contributed by atoms with Gasteiger partial charge in [-0.15, -0.1) is 5.10 Å². The summed E-state index contributed by atoms with van der Waals surface area (Å²) in [7, 11) is 3.14. The molecule has 0 bridgehead atoms. The standard InChI is InChI=1S/C22H23N7O3S/c1-13-4-6-14(7-5-13)20-26-28-22(33)29(20)11-10-18(30)23-21-24-19(25-27-21)16-9-8-15(31-2)12-17(16)32-3/h4-9,12H,10-11H2,1-3H3,(H,28,33)(H2,23,24,25,27,30). The van der Waals surface area contributed by atoms with Crippen LogP contribution in [0.25, 0.3) is 22.8 Å². The van der Waals surface area contributed by atoms with E-state index >= 15 is 0 Å². The van der Waals surface area contributed by atoms with E-state index in [9.17, 15) is 4.79 Å². The van der Waals surface area contributed by atoms with Crippen LogP contribution in [0.1, 0.15) is 12.0 Å². The SMILES string of the molecule is COc1ccc(-c2nc(NC(=O)CCn3c(-c4ccc(C)cc4)n[nH]c3=S)n[nH]2)c(OC)c1. The van der Waals surface area contributed by atoms with Gasteiger partial charge in [0.25, 0.3) is 0 Å². The van der Waals surface area contributed by atoms with Gasteiger partial charge in [0.15, 0.2) is 16.4 Å². The van der Waals surface area contributed by atoms with Gasteiger partial charge in [-0.3, -0.25) is 24.9 Å². The fourth-order valence-electron chi connectivity index (χ4n) is 3.28. The van der Waals surface area contributed by atoms with Gasteiger partial charge >= 0.3 is 0 Å². The number of hydrogen-bond acceptors (Lipinski definition) is 7. The first-order chi connectivity index (χ1) is 16.0. The smallest absolute Gasteiger partial charge is 0.249 e. The molecule has 4 aromatic rings. The predicted octanol–water partition coefficient (Wildman–Crippen LogP) is 3.75. The van der Waals surface area contributed by atoms with Gasteiger partial charge in [-0.2, -0.15) is 10.1 Å². The first-order valence-corrected chi connectivity index (χ1v) is 10.6. The number of rotatable bonds is 8. The van der Waals surface area contributed by atoms with Gasteiger partial charge in [-0.1, -0.05) is 29.8 Å². The van der Waals surface area contributed by atoms with Gasteiger partial charge in [-0.05, 0) is 31.3 Å². The first kappa shape index (κ1) is 22.2. The minimum absolute atomic E-state index is 0.169. The highest BCUT2D eigenvalue weighted by Gasteiger charge is 2.15. The lowest BCUT2D eigenvalue weighted by Crippen LogP contribution is -2.16. The molecule has 2 aromatic heterocycles. The second-order valence-corrected chi connectivity index (χ2v) is 7.63. The Labute approximate surface area is 195 Å². The Kier molecular flexibility index (Phi) is 6.50. The summed E-state index contributed by atoms with van der Waals surface area (Å²) in [6.07, 6.45) is 0.169. The summed E-state index contributed by atoms with van der Waals surface area (Å²) >= 11 is 5.34. The molecule has 33 heavy (non-hydrogen) atoms. The van der Waals surface area contributed by atoms with Crippen LogP contribution < -0.4 is 14.8 Å². The maximum absolute atomic E-state index is 12.5. The van der Waals surface area contributed by atoms with Gasteiger partial charge in [0.05, 0.1) is 19.8 Å². The molecule has 3 N–H and O–H groups in total. The van der Waals surface area contributed by atoms with E-state index in [0.29, 0.717) is 40.0 Å². The van der Waals surface area contributed by atoms with Crippen LogP contribution in [0.4, 0.5) is 5.95 Å². The Morgan fingerprint density at radius 3 is 2.61 bits per heavy atom. The van der Waals surface area contributed by atoms with Crippen LogP contribution in [0.5, 0.6) is 11.5 Å². The Hall–Kier alpha value is -3.99. The summed E-state index contributed by atoms with van der Waals surface area (Å²) in [5.74, 6) is 2.29. The molecular formula is C22H23N7O3S. The number of amides is 1. The highest BCUT2D eigenvalue weighted by atomic mass is 32.1. The number of aromatic nitrogens is 6. The number of aryl methyl sites for hydroxylation is 1. The fraction of sp³-hybridized carbons (Fsp3) is 0.227. The fourth-order valence-corrected chi connectivity index (χ4v) is 3.50. The van der Waals surface area contributed by atoms with Crippen molar-refractivity contribution in [1.82, 2.24) is 29.9 Å². The number of hydrogen-bond donors (Lipinski definition) is 3. The van der Waals surface area contributed by atoms with Gasteiger partial charge in [0.2, 0.25) is 11.9 Å². The van der Waals surface area contributed by atoms with Crippen LogP contribution >= 0.6 is 12.2 Å². The topological polar surface area (TPSA) is 123 Å². The second kappa shape index (κ2) is 9.65. The second-order valence-electron chi connectivity index (χ2n) is 7.24. The Bertz CT molecular complexity index is 1320. The van der Waals surface area contributed by atoms with Crippen LogP contribution in [0.3, 0.4) is 0 Å². The van der Waals surface area contributed by atoms with Crippen molar-refractivity contribution in [2.24, 2.45) is 0 Å². The van der Waals surface area contributed by atoms with Crippen LogP contribution in [0.2, 0.25) is 0 Å². The molecule has 0 aliphatic rings. The maximum atomic E-state index is 12.5. The highest BCUT2D eigenvalue weighted by Crippen LogP contribution is 2.31. The summed E-state index contributed by atoms with van der Waals surface area (Å²) in [6.45, 7) is 2.37. The number of aromatic amines is 2. The van der Waals surface area contributed by atoms with Crippen LogP contribution in [-0.4, -0.2) is 50.1 Å². The lowest BCUT2D eigenvalue weighted by atomic mass is 10.1. The van der Waals surface area contributed by atoms with Crippen molar-refractivity contribution in [3.05, 3.63) is 52.8 Å². The molecule has 0 saturated carbocycles. The normalized spacial score (nSPS) is 10.8. The van der Waals surface area contributed by atoms with E-state index in [1.54, 1.807) is 37.0 Å². The van der Waals surface area contributed by atoms with Gasteiger partial charge < -0.3 is 9.47 Å². The monoisotopic (exact) mass is 465 g/mol. The molecule has 0 unspecified atom stereocenters. The van der Waals surface area contributed by atoms with Crippen LogP contribution in [0.15, 0.2) is 42.5 Å². The summed E-state index contributed by atoms with van der Waals surface area (Å²) in [6, 6.07) is 13.3. The predicted molar refractivity (Wildman–Crippen MR) is 126 cm³/mol. The van der Waals surface area contributed by atoms with E-state index in [0.717, 1.165) is 11.1 Å². The number of nitrogens with zero attached hydrogens (tertiary/aromatic N) is 4. The molecule has 0 fully saturated rings. The molecule has 0 radical (unpaired) electrons. The number of methoxy groups -OCH3 is 2. The average molecular weight is 466 g/mol. The number of anilines is 1. The van der Waals surface area contributed by atoms with Crippen molar-refractivity contribution < 1.29 is 14.3 Å². The largest absolute Gasteiger partial charge is 0.497 e. The molecule has 0 aliphatic carbocycles. The molecule has 10 nitrogen and oxygen atoms in total. The highest BCUT2D eigenvalue weighted by molar-refractivity contribution is 7.71. The molecule has 0 saturated heterocycles. The quantitative estimate of drug-likeness (QED) is 0.339. The molecule has 11 heteroatoms. The Morgan fingerprint density at radius 2 is 1.88 bits per heavy atom. The number of H-pyrrole nitrogens is 2. The van der Waals surface area contributed by atoms with E-state index in [2.05, 4.69) is 30.7 Å². The van der Waals surface area contributed by atoms with E-state index in [-0.39, 0.29) is 18.3 Å². The summed E-state index contributed by atoms with van der Waals surface area (Å²) in [4.78, 5) is 16.9. The van der Waals surface area contributed by atoms with Crippen molar-refractivity contribution in [1.29, 1.82) is 0 Å². The van der Waals surface area contributed by atoms with E-state index in [1.807, 2.05) is 31.2 Å². The minimum atomic E-state index is -0.250. The number of carbonyl (C=O) groups excluding carboxylic acids is 1. The number of carbonyl (C=O) groups is 1. The molecule has 2 heterocycles. The first-order valence-electron chi connectivity index (χ1n) is 10.2. The maximum Gasteiger partial charge on any atom is 0.249 e. The van der Waals surface area contributed by atoms with Crippen LogP contribution in [-0.2, 0) is 11.3 Å². The summed E-state index contributed by atoms with van der Waals surface area (Å²) < 4.78 is 12.9. The lowest BCUT2D eigenvalue weighted by molar-refractivity contribution is -0.116. The summed E-state index contributed by atoms with van der Waals surface area (Å²) in [5, 5.41) is 16.7. The van der Waals surface area contributed by atoms with E-state index in [1.165, 1.54) is 0 Å². The van der Waals surface area contributed by atoms with Crippen molar-refractivity contribution in [3.8, 4) is 34.3 Å². The zero-order valence-electron chi connectivity index (χ0n) is 18.4. The van der Waals surface area contributed by atoms with Crippen molar-refractivity contribution in [3.63, 3.8) is 0 Å². The Morgan fingerprint density at radius 1 is 1.09 bits per heavy atom.